The third-order valence-electron chi connectivity index (χ3n) is 16.3. The first kappa shape index (κ1) is 101. The first-order valence-electron chi connectivity index (χ1n) is 36.1. The SMILES string of the molecule is CC(=O)C=C(C)O.CC(=O)C=C(C)O.CC(=O)C=C(C)O.CC(=O)C=C(C)O.CCCc1ccc2ccc(-c3[c-]c(C)cc(C)c3)nc2c1.Cc1[c-]c(-c2ccc3ccc(CC(C)C)cc3n2)cc(C)c1.Cc1c[c-]c(-c2ccc3ccccc3n2)c(C)c1C.Cc1c[c-]c(-c2ccc3ccccc3n2)cc1C.[Ir].[Ir].[Ir].[Ir]. The van der Waals surface area contributed by atoms with Crippen molar-refractivity contribution in [3.8, 4) is 45.0 Å². The van der Waals surface area contributed by atoms with Crippen LogP contribution in [0.1, 0.15) is 144 Å². The molecule has 0 aliphatic rings. The van der Waals surface area contributed by atoms with Crippen LogP contribution in [-0.2, 0) is 112 Å². The molecule has 0 fully saturated rings. The number of aliphatic hydroxyl groups is 4. The van der Waals surface area contributed by atoms with Crippen molar-refractivity contribution in [2.45, 2.75) is 158 Å². The molecule has 0 atom stereocenters. The molecule has 12 rings (SSSR count). The number of allylic oxidation sites excluding steroid dienone is 8. The molecule has 0 aliphatic heterocycles. The van der Waals surface area contributed by atoms with Crippen LogP contribution in [0.3, 0.4) is 0 Å². The fourth-order valence-corrected chi connectivity index (χ4v) is 11.3. The van der Waals surface area contributed by atoms with E-state index in [0.29, 0.717) is 5.92 Å². The van der Waals surface area contributed by atoms with E-state index in [4.69, 9.17) is 35.4 Å². The smallest absolute Gasteiger partial charge is 0.155 e. The van der Waals surface area contributed by atoms with Crippen LogP contribution in [0.2, 0.25) is 0 Å². The van der Waals surface area contributed by atoms with E-state index in [2.05, 4.69) is 252 Å². The molecule has 112 heavy (non-hydrogen) atoms. The van der Waals surface area contributed by atoms with E-state index in [1.165, 1.54) is 151 Å². The van der Waals surface area contributed by atoms with Gasteiger partial charge < -0.3 is 20.4 Å². The van der Waals surface area contributed by atoms with Crippen molar-refractivity contribution in [3.63, 3.8) is 0 Å². The predicted octanol–water partition coefficient (Wildman–Crippen LogP) is 23.9. The maximum absolute atomic E-state index is 10.0. The molecule has 4 N–H and O–H groups in total. The zero-order valence-electron chi connectivity index (χ0n) is 67.8. The van der Waals surface area contributed by atoms with E-state index in [1.807, 2.05) is 36.4 Å². The first-order valence-corrected chi connectivity index (χ1v) is 36.1. The van der Waals surface area contributed by atoms with Crippen LogP contribution < -0.4 is 0 Å². The number of aromatic nitrogens is 4. The monoisotopic (exact) mass is 2210 g/mol. The van der Waals surface area contributed by atoms with Gasteiger partial charge in [0, 0.05) is 105 Å². The number of carbonyl (C=O) groups is 4. The molecule has 0 unspecified atom stereocenters. The minimum Gasteiger partial charge on any atom is -0.512 e. The van der Waals surface area contributed by atoms with Crippen LogP contribution in [0.25, 0.3) is 88.6 Å². The average Bonchev–Trinajstić information content (AvgIpc) is 0.813. The maximum Gasteiger partial charge on any atom is 0.155 e. The predicted molar refractivity (Wildman–Crippen MR) is 447 cm³/mol. The minimum atomic E-state index is -0.125. The van der Waals surface area contributed by atoms with Crippen LogP contribution in [0, 0.1) is 92.5 Å². The molecule has 4 aromatic heterocycles. The molecule has 12 nitrogen and oxygen atoms in total. The molecule has 0 saturated carbocycles. The third-order valence-corrected chi connectivity index (χ3v) is 16.3. The average molecular weight is 2210 g/mol. The van der Waals surface area contributed by atoms with E-state index >= 15 is 0 Å². The summed E-state index contributed by atoms with van der Waals surface area (Å²) in [5, 5.41) is 38.2. The zero-order valence-corrected chi connectivity index (χ0v) is 77.4. The van der Waals surface area contributed by atoms with E-state index < -0.39 is 0 Å². The van der Waals surface area contributed by atoms with Crippen molar-refractivity contribution in [3.05, 3.63) is 309 Å². The fourth-order valence-electron chi connectivity index (χ4n) is 11.3. The molecular weight excluding hydrogens is 2110 g/mol. The number of fused-ring (bicyclic) bond motifs is 4. The summed E-state index contributed by atoms with van der Waals surface area (Å²) in [6.07, 6.45) is 8.03. The summed E-state index contributed by atoms with van der Waals surface area (Å²) in [6, 6.07) is 74.7. The van der Waals surface area contributed by atoms with Gasteiger partial charge in [-0.15, -0.1) is 139 Å². The number of aryl methyl sites for hydroxylation is 8. The Balaban J connectivity index is 0.000000664. The van der Waals surface area contributed by atoms with Gasteiger partial charge in [0.15, 0.2) is 23.1 Å². The van der Waals surface area contributed by atoms with Crippen molar-refractivity contribution >= 4 is 66.7 Å². The summed E-state index contributed by atoms with van der Waals surface area (Å²) in [7, 11) is 0. The van der Waals surface area contributed by atoms with Gasteiger partial charge >= 0.3 is 0 Å². The molecule has 8 aromatic carbocycles. The van der Waals surface area contributed by atoms with Crippen molar-refractivity contribution in [2.24, 2.45) is 5.92 Å². The number of nitrogens with zero attached hydrogens (tertiary/aromatic N) is 4. The van der Waals surface area contributed by atoms with Gasteiger partial charge in [-0.05, 0) is 154 Å². The van der Waals surface area contributed by atoms with Crippen LogP contribution in [0.4, 0.5) is 0 Å². The number of hydrogen-bond acceptors (Lipinski definition) is 12. The second kappa shape index (κ2) is 50.8. The first-order chi connectivity index (χ1) is 51.1. The Morgan fingerprint density at radius 2 is 0.723 bits per heavy atom. The molecule has 596 valence electrons. The Morgan fingerprint density at radius 1 is 0.375 bits per heavy atom. The second-order valence-corrected chi connectivity index (χ2v) is 27.5. The van der Waals surface area contributed by atoms with E-state index in [-0.39, 0.29) is 127 Å². The Hall–Kier alpha value is -9.16. The Kier molecular flexibility index (Phi) is 45.7. The van der Waals surface area contributed by atoms with Gasteiger partial charge in [0.2, 0.25) is 0 Å². The number of para-hydroxylation sites is 2. The van der Waals surface area contributed by atoms with Gasteiger partial charge in [-0.25, -0.2) is 0 Å². The minimum absolute atomic E-state index is 0. The van der Waals surface area contributed by atoms with E-state index in [9.17, 15) is 19.2 Å². The number of benzene rings is 8. The largest absolute Gasteiger partial charge is 0.512 e. The number of carbonyl (C=O) groups excluding carboxylic acids is 4. The molecule has 0 saturated heterocycles. The van der Waals surface area contributed by atoms with Crippen LogP contribution in [-0.4, -0.2) is 63.5 Å². The zero-order chi connectivity index (χ0) is 79.9. The summed E-state index contributed by atoms with van der Waals surface area (Å²) in [5.74, 6) is 0.411. The molecule has 12 aromatic rings. The van der Waals surface area contributed by atoms with Gasteiger partial charge in [0.25, 0.3) is 0 Å². The topological polar surface area (TPSA) is 201 Å². The maximum atomic E-state index is 10.0. The molecule has 0 amide bonds. The quantitative estimate of drug-likeness (QED) is 0.0513. The molecule has 0 bridgehead atoms. The summed E-state index contributed by atoms with van der Waals surface area (Å²) in [4.78, 5) is 59.2. The molecule has 4 radical (unpaired) electrons. The van der Waals surface area contributed by atoms with Crippen molar-refractivity contribution in [1.82, 2.24) is 19.9 Å². The standard InChI is InChI=1S/C21H22N.C20H20N.C18H16N.C17H14N.4C5H8O2.4Ir/c1-14(2)9-17-5-6-18-7-8-20(22-21(18)13-17)19-11-15(3)10-16(4)12-19;1-4-5-16-6-7-17-8-9-19(21-20(17)13-16)18-11-14(2)10-15(3)12-18;1-12-8-10-16(14(3)13(12)2)18-11-9-15-6-4-5-7-17(15)19-18;1-12-7-8-15(11-13(12)2)17-10-9-14-5-3-4-6-16(14)18-17;4*1-4(6)3-5(2)7;;;;/h5-8,10-11,13-14H,9H2,1-4H3;6-11,13H,4-5H2,1-3H3;4-9,11H,1-3H3;3-7,9-11H,1-2H3;4*3,6H,1-2H3;;;;/q4*-1;;;;;;;;. The molecule has 16 heteroatoms. The molecule has 4 heterocycles. The summed E-state index contributed by atoms with van der Waals surface area (Å²) >= 11 is 0. The van der Waals surface area contributed by atoms with Gasteiger partial charge in [-0.2, -0.15) is 0 Å². The van der Waals surface area contributed by atoms with Crippen molar-refractivity contribution < 1.29 is 120 Å². The van der Waals surface area contributed by atoms with Crippen LogP contribution in [0.5, 0.6) is 0 Å². The van der Waals surface area contributed by atoms with Crippen LogP contribution >= 0.6 is 0 Å². The van der Waals surface area contributed by atoms with Gasteiger partial charge in [-0.1, -0.05) is 199 Å². The number of aliphatic hydroxyl groups excluding tert-OH is 4. The van der Waals surface area contributed by atoms with Gasteiger partial charge in [0.05, 0.1) is 45.1 Å². The number of ketones is 4. The Bertz CT molecular complexity index is 5090. The Labute approximate surface area is 718 Å². The van der Waals surface area contributed by atoms with Crippen LogP contribution in [0.15, 0.2) is 223 Å². The summed E-state index contributed by atoms with van der Waals surface area (Å²) in [6.45, 7) is 37.1. The Morgan fingerprint density at radius 3 is 1.10 bits per heavy atom. The molecule has 0 aliphatic carbocycles. The van der Waals surface area contributed by atoms with Gasteiger partial charge in [0.1, 0.15) is 0 Å². The molecular formula is C96H104Ir4N4O8-4. The summed E-state index contributed by atoms with van der Waals surface area (Å²) < 4.78 is 0. The third kappa shape index (κ3) is 35.7. The summed E-state index contributed by atoms with van der Waals surface area (Å²) in [5.41, 5.74) is 26.5. The van der Waals surface area contributed by atoms with Crippen molar-refractivity contribution in [2.75, 3.05) is 0 Å². The number of hydrogen-bond donors (Lipinski definition) is 4. The number of rotatable bonds is 12. The second-order valence-electron chi connectivity index (χ2n) is 27.5. The van der Waals surface area contributed by atoms with E-state index in [0.717, 1.165) is 97.5 Å². The normalized spacial score (nSPS) is 10.7. The molecule has 0 spiro atoms. The van der Waals surface area contributed by atoms with E-state index in [1.54, 1.807) is 0 Å². The fraction of sp³-hybridized carbons (Fsp3) is 0.250. The van der Waals surface area contributed by atoms with Gasteiger partial charge in [-0.3, -0.25) is 39.1 Å². The number of pyridine rings is 4. The van der Waals surface area contributed by atoms with Crippen molar-refractivity contribution in [1.29, 1.82) is 0 Å².